The Kier molecular flexibility index (Phi) is 1.93. The molecule has 0 bridgehead atoms. The summed E-state index contributed by atoms with van der Waals surface area (Å²) in [6, 6.07) is 0. The number of nitrogens with zero attached hydrogens (tertiary/aromatic N) is 2. The zero-order chi connectivity index (χ0) is 7.72. The van der Waals surface area contributed by atoms with Gasteiger partial charge in [0.15, 0.2) is 0 Å². The van der Waals surface area contributed by atoms with Crippen molar-refractivity contribution >= 4 is 28.4 Å². The number of rotatable bonds is 0. The topological polar surface area (TPSA) is 60.9 Å². The minimum atomic E-state index is -0.321. The van der Waals surface area contributed by atoms with Crippen molar-refractivity contribution in [3.63, 3.8) is 0 Å². The lowest BCUT2D eigenvalue weighted by molar-refractivity contribution is 0.808. The van der Waals surface area contributed by atoms with E-state index in [-0.39, 0.29) is 5.69 Å². The molecule has 1 rings (SSSR count). The summed E-state index contributed by atoms with van der Waals surface area (Å²) in [5, 5.41) is 0. The average molecular weight is 251 g/mol. The zero-order valence-electron chi connectivity index (χ0n) is 5.34. The van der Waals surface area contributed by atoms with Gasteiger partial charge in [-0.05, 0) is 22.6 Å². The number of aromatic nitrogens is 2. The zero-order valence-corrected chi connectivity index (χ0v) is 7.49. The van der Waals surface area contributed by atoms with Crippen molar-refractivity contribution in [2.45, 2.75) is 0 Å². The molecule has 0 spiro atoms. The minimum absolute atomic E-state index is 0.295. The maximum atomic E-state index is 10.8. The van der Waals surface area contributed by atoms with Crippen LogP contribution in [-0.2, 0) is 7.05 Å². The minimum Gasteiger partial charge on any atom is -0.383 e. The molecule has 2 N–H and O–H groups in total. The predicted molar refractivity (Wildman–Crippen MR) is 46.6 cm³/mol. The van der Waals surface area contributed by atoms with Crippen LogP contribution in [0, 0.1) is 3.57 Å². The Labute approximate surface area is 71.2 Å². The summed E-state index contributed by atoms with van der Waals surface area (Å²) in [5.74, 6) is 0.295. The van der Waals surface area contributed by atoms with E-state index in [0.29, 0.717) is 5.82 Å². The molecule has 0 radical (unpaired) electrons. The molecule has 0 aliphatic carbocycles. The molecule has 0 aliphatic heterocycles. The first-order valence-corrected chi connectivity index (χ1v) is 3.68. The maximum absolute atomic E-state index is 10.8. The first-order chi connectivity index (χ1) is 4.61. The van der Waals surface area contributed by atoms with Gasteiger partial charge in [-0.1, -0.05) is 0 Å². The highest BCUT2D eigenvalue weighted by Crippen LogP contribution is 2.06. The highest BCUT2D eigenvalue weighted by molar-refractivity contribution is 14.1. The summed E-state index contributed by atoms with van der Waals surface area (Å²) in [6.45, 7) is 0. The predicted octanol–water partition coefficient (Wildman–Crippen LogP) is -0.0329. The SMILES string of the molecule is Cn1cc(I)c(N)nc1=O. The molecule has 0 fully saturated rings. The molecule has 0 aliphatic rings. The van der Waals surface area contributed by atoms with Crippen LogP contribution in [0.1, 0.15) is 0 Å². The quantitative estimate of drug-likeness (QED) is 0.658. The van der Waals surface area contributed by atoms with Gasteiger partial charge < -0.3 is 10.3 Å². The molecule has 1 aromatic heterocycles. The van der Waals surface area contributed by atoms with Crippen LogP contribution in [0.5, 0.6) is 0 Å². The molecule has 0 saturated heterocycles. The molecular formula is C5H6IN3O. The van der Waals surface area contributed by atoms with E-state index in [0.717, 1.165) is 3.57 Å². The Morgan fingerprint density at radius 3 is 2.90 bits per heavy atom. The lowest BCUT2D eigenvalue weighted by Gasteiger charge is -1.97. The van der Waals surface area contributed by atoms with E-state index in [4.69, 9.17) is 5.73 Å². The molecule has 1 heterocycles. The number of hydrogen-bond acceptors (Lipinski definition) is 3. The van der Waals surface area contributed by atoms with Crippen LogP contribution < -0.4 is 11.4 Å². The summed E-state index contributed by atoms with van der Waals surface area (Å²) in [4.78, 5) is 14.3. The van der Waals surface area contributed by atoms with Crippen molar-refractivity contribution < 1.29 is 0 Å². The van der Waals surface area contributed by atoms with Gasteiger partial charge in [-0.25, -0.2) is 4.79 Å². The summed E-state index contributed by atoms with van der Waals surface area (Å²) in [6.07, 6.45) is 1.64. The molecule has 1 aromatic rings. The van der Waals surface area contributed by atoms with Crippen LogP contribution in [0.2, 0.25) is 0 Å². The largest absolute Gasteiger partial charge is 0.383 e. The van der Waals surface area contributed by atoms with Gasteiger partial charge in [-0.3, -0.25) is 0 Å². The molecule has 0 amide bonds. The fraction of sp³-hybridized carbons (Fsp3) is 0.200. The molecule has 0 atom stereocenters. The Balaban J connectivity index is 3.43. The van der Waals surface area contributed by atoms with Gasteiger partial charge in [-0.2, -0.15) is 4.98 Å². The summed E-state index contributed by atoms with van der Waals surface area (Å²) in [5.41, 5.74) is 5.04. The number of nitrogens with two attached hydrogens (primary N) is 1. The highest BCUT2D eigenvalue weighted by atomic mass is 127. The standard InChI is InChI=1S/C5H6IN3O/c1-9-2-3(6)4(7)8-5(9)10/h2H,1H3,(H2,7,8,10). The third-order valence-corrected chi connectivity index (χ3v) is 1.90. The van der Waals surface area contributed by atoms with Crippen LogP contribution in [0.25, 0.3) is 0 Å². The van der Waals surface area contributed by atoms with Gasteiger partial charge in [0.2, 0.25) is 0 Å². The second kappa shape index (κ2) is 2.57. The van der Waals surface area contributed by atoms with Crippen LogP contribution in [0.15, 0.2) is 11.0 Å². The number of aryl methyl sites for hydroxylation is 1. The Bertz CT molecular complexity index is 306. The number of anilines is 1. The van der Waals surface area contributed by atoms with E-state index in [2.05, 4.69) is 4.98 Å². The Morgan fingerprint density at radius 2 is 2.40 bits per heavy atom. The normalized spacial score (nSPS) is 9.80. The molecule has 0 aromatic carbocycles. The van der Waals surface area contributed by atoms with Crippen LogP contribution in [0.4, 0.5) is 5.82 Å². The van der Waals surface area contributed by atoms with E-state index in [1.165, 1.54) is 4.57 Å². The third-order valence-electron chi connectivity index (χ3n) is 1.07. The monoisotopic (exact) mass is 251 g/mol. The van der Waals surface area contributed by atoms with Crippen molar-refractivity contribution in [1.82, 2.24) is 9.55 Å². The van der Waals surface area contributed by atoms with Crippen LogP contribution >= 0.6 is 22.6 Å². The summed E-state index contributed by atoms with van der Waals surface area (Å²) < 4.78 is 2.18. The number of halogens is 1. The second-order valence-electron chi connectivity index (χ2n) is 1.87. The van der Waals surface area contributed by atoms with E-state index < -0.39 is 0 Å². The van der Waals surface area contributed by atoms with Gasteiger partial charge in [0.05, 0.1) is 3.57 Å². The fourth-order valence-corrected chi connectivity index (χ4v) is 1.07. The van der Waals surface area contributed by atoms with Gasteiger partial charge in [0.25, 0.3) is 0 Å². The lowest BCUT2D eigenvalue weighted by atomic mass is 10.6. The molecule has 54 valence electrons. The second-order valence-corrected chi connectivity index (χ2v) is 3.03. The van der Waals surface area contributed by atoms with Crippen molar-refractivity contribution in [2.24, 2.45) is 7.05 Å². The Hall–Kier alpha value is -0.590. The van der Waals surface area contributed by atoms with E-state index in [9.17, 15) is 4.79 Å². The molecule has 0 saturated carbocycles. The van der Waals surface area contributed by atoms with E-state index in [1.807, 2.05) is 22.6 Å². The van der Waals surface area contributed by atoms with Gasteiger partial charge >= 0.3 is 5.69 Å². The smallest absolute Gasteiger partial charge is 0.349 e. The van der Waals surface area contributed by atoms with Crippen molar-refractivity contribution in [3.8, 4) is 0 Å². The van der Waals surface area contributed by atoms with E-state index >= 15 is 0 Å². The molecular weight excluding hydrogens is 245 g/mol. The third kappa shape index (κ3) is 1.28. The summed E-state index contributed by atoms with van der Waals surface area (Å²) in [7, 11) is 1.64. The van der Waals surface area contributed by atoms with Gasteiger partial charge in [0, 0.05) is 13.2 Å². The number of hydrogen-bond donors (Lipinski definition) is 1. The first kappa shape index (κ1) is 7.52. The fourth-order valence-electron chi connectivity index (χ4n) is 0.527. The first-order valence-electron chi connectivity index (χ1n) is 2.60. The Morgan fingerprint density at radius 1 is 1.80 bits per heavy atom. The van der Waals surface area contributed by atoms with Crippen molar-refractivity contribution in [1.29, 1.82) is 0 Å². The average Bonchev–Trinajstić information content (AvgIpc) is 1.84. The van der Waals surface area contributed by atoms with E-state index in [1.54, 1.807) is 13.2 Å². The maximum Gasteiger partial charge on any atom is 0.349 e. The van der Waals surface area contributed by atoms with Crippen molar-refractivity contribution in [3.05, 3.63) is 20.3 Å². The van der Waals surface area contributed by atoms with Crippen LogP contribution in [0.3, 0.4) is 0 Å². The van der Waals surface area contributed by atoms with Gasteiger partial charge in [-0.15, -0.1) is 0 Å². The van der Waals surface area contributed by atoms with Crippen LogP contribution in [-0.4, -0.2) is 9.55 Å². The highest BCUT2D eigenvalue weighted by Gasteiger charge is 1.97. The molecule has 5 heteroatoms. The lowest BCUT2D eigenvalue weighted by Crippen LogP contribution is -2.21. The number of nitrogen functional groups attached to an aromatic ring is 1. The molecule has 4 nitrogen and oxygen atoms in total. The molecule has 0 unspecified atom stereocenters. The van der Waals surface area contributed by atoms with Crippen molar-refractivity contribution in [2.75, 3.05) is 5.73 Å². The van der Waals surface area contributed by atoms with Gasteiger partial charge in [0.1, 0.15) is 5.82 Å². The summed E-state index contributed by atoms with van der Waals surface area (Å²) >= 11 is 2.02. The molecule has 10 heavy (non-hydrogen) atoms.